The molecule has 18 heavy (non-hydrogen) atoms. The van der Waals surface area contributed by atoms with E-state index in [9.17, 15) is 9.90 Å². The Morgan fingerprint density at radius 1 is 1.22 bits per heavy atom. The van der Waals surface area contributed by atoms with Crippen LogP contribution in [0.15, 0.2) is 47.8 Å². The zero-order chi connectivity index (χ0) is 12.8. The zero-order valence-corrected chi connectivity index (χ0v) is 9.45. The van der Waals surface area contributed by atoms with Gasteiger partial charge >= 0.3 is 0 Å². The molecule has 5 heteroatoms. The van der Waals surface area contributed by atoms with Crippen LogP contribution < -0.4 is 5.43 Å². The summed E-state index contributed by atoms with van der Waals surface area (Å²) in [6, 6.07) is 8.41. The van der Waals surface area contributed by atoms with Gasteiger partial charge in [-0.25, -0.2) is 0 Å². The van der Waals surface area contributed by atoms with Crippen molar-refractivity contribution in [1.29, 1.82) is 0 Å². The fraction of sp³-hybridized carbons (Fsp3) is 0. The highest BCUT2D eigenvalue weighted by molar-refractivity contribution is 5.86. The number of anilines is 1. The van der Waals surface area contributed by atoms with Crippen LogP contribution >= 0.6 is 0 Å². The van der Waals surface area contributed by atoms with Crippen molar-refractivity contribution in [2.24, 2.45) is 5.10 Å². The second-order valence-electron chi connectivity index (χ2n) is 3.51. The summed E-state index contributed by atoms with van der Waals surface area (Å²) in [7, 11) is 0. The number of benzene rings is 1. The second kappa shape index (κ2) is 5.58. The molecule has 0 unspecified atom stereocenters. The molecule has 5 nitrogen and oxygen atoms in total. The summed E-state index contributed by atoms with van der Waals surface area (Å²) in [6.07, 6.45) is 5.23. The van der Waals surface area contributed by atoms with Gasteiger partial charge in [0.15, 0.2) is 6.29 Å². The number of nitrogens with one attached hydrogen (secondary N) is 1. The fourth-order valence-electron chi connectivity index (χ4n) is 1.37. The SMILES string of the molecule is O=Cc1ccncc1NN=Cc1ccccc1O. The van der Waals surface area contributed by atoms with Gasteiger partial charge in [0.1, 0.15) is 5.75 Å². The Morgan fingerprint density at radius 2 is 2.06 bits per heavy atom. The highest BCUT2D eigenvalue weighted by atomic mass is 16.3. The largest absolute Gasteiger partial charge is 0.507 e. The van der Waals surface area contributed by atoms with Crippen LogP contribution in [0.1, 0.15) is 15.9 Å². The van der Waals surface area contributed by atoms with E-state index in [-0.39, 0.29) is 5.75 Å². The topological polar surface area (TPSA) is 74.6 Å². The number of aromatic nitrogens is 1. The number of hydrogen-bond acceptors (Lipinski definition) is 5. The first-order chi connectivity index (χ1) is 8.81. The van der Waals surface area contributed by atoms with Crippen LogP contribution in [0, 0.1) is 0 Å². The summed E-state index contributed by atoms with van der Waals surface area (Å²) in [5.74, 6) is 0.143. The Labute approximate surface area is 104 Å². The maximum atomic E-state index is 10.8. The number of rotatable bonds is 4. The third-order valence-corrected chi connectivity index (χ3v) is 2.31. The molecule has 90 valence electrons. The molecule has 0 aliphatic heterocycles. The van der Waals surface area contributed by atoms with Crippen LogP contribution in [-0.4, -0.2) is 22.6 Å². The minimum atomic E-state index is 0.143. The molecule has 1 aromatic heterocycles. The number of pyridine rings is 1. The van der Waals surface area contributed by atoms with Crippen molar-refractivity contribution >= 4 is 18.2 Å². The number of carbonyl (C=O) groups is 1. The van der Waals surface area contributed by atoms with Crippen LogP contribution in [0.25, 0.3) is 0 Å². The molecule has 1 heterocycles. The van der Waals surface area contributed by atoms with E-state index in [4.69, 9.17) is 0 Å². The molecule has 1 aromatic carbocycles. The quantitative estimate of drug-likeness (QED) is 0.488. The van der Waals surface area contributed by atoms with Gasteiger partial charge in [-0.1, -0.05) is 12.1 Å². The number of carbonyl (C=O) groups excluding carboxylic acids is 1. The average Bonchev–Trinajstić information content (AvgIpc) is 2.41. The van der Waals surface area contributed by atoms with E-state index >= 15 is 0 Å². The lowest BCUT2D eigenvalue weighted by atomic mass is 10.2. The first-order valence-electron chi connectivity index (χ1n) is 5.27. The molecule has 0 fully saturated rings. The first kappa shape index (κ1) is 11.8. The van der Waals surface area contributed by atoms with Gasteiger partial charge in [0, 0.05) is 17.3 Å². The van der Waals surface area contributed by atoms with E-state index < -0.39 is 0 Å². The van der Waals surface area contributed by atoms with E-state index in [1.165, 1.54) is 18.6 Å². The molecule has 0 radical (unpaired) electrons. The van der Waals surface area contributed by atoms with E-state index in [1.54, 1.807) is 30.3 Å². The summed E-state index contributed by atoms with van der Waals surface area (Å²) in [6.45, 7) is 0. The van der Waals surface area contributed by atoms with Crippen molar-refractivity contribution in [3.05, 3.63) is 53.9 Å². The Hall–Kier alpha value is -2.69. The highest BCUT2D eigenvalue weighted by Crippen LogP contribution is 2.14. The number of hydrazone groups is 1. The number of phenolic OH excluding ortho intramolecular Hbond substituents is 1. The molecule has 0 spiro atoms. The normalized spacial score (nSPS) is 10.4. The molecule has 0 saturated heterocycles. The summed E-state index contributed by atoms with van der Waals surface area (Å²) in [4.78, 5) is 14.6. The first-order valence-corrected chi connectivity index (χ1v) is 5.27. The molecule has 2 aromatic rings. The molecular weight excluding hydrogens is 230 g/mol. The second-order valence-corrected chi connectivity index (χ2v) is 3.51. The molecular formula is C13H11N3O2. The van der Waals surface area contributed by atoms with Crippen LogP contribution in [0.4, 0.5) is 5.69 Å². The van der Waals surface area contributed by atoms with Gasteiger partial charge in [-0.05, 0) is 18.2 Å². The van der Waals surface area contributed by atoms with Crippen molar-refractivity contribution < 1.29 is 9.90 Å². The van der Waals surface area contributed by atoms with Gasteiger partial charge in [-0.2, -0.15) is 5.10 Å². The Balaban J connectivity index is 2.12. The predicted octanol–water partition coefficient (Wildman–Crippen LogP) is 2.05. The van der Waals surface area contributed by atoms with Gasteiger partial charge in [-0.15, -0.1) is 0 Å². The lowest BCUT2D eigenvalue weighted by Crippen LogP contribution is -1.96. The molecule has 0 atom stereocenters. The summed E-state index contributed by atoms with van der Waals surface area (Å²) in [5.41, 5.74) is 4.27. The number of para-hydroxylation sites is 1. The lowest BCUT2D eigenvalue weighted by Gasteiger charge is -2.02. The Kier molecular flexibility index (Phi) is 3.66. The summed E-state index contributed by atoms with van der Waals surface area (Å²) < 4.78 is 0. The number of aromatic hydroxyl groups is 1. The van der Waals surface area contributed by atoms with Crippen molar-refractivity contribution in [2.45, 2.75) is 0 Å². The van der Waals surface area contributed by atoms with Crippen molar-refractivity contribution in [3.8, 4) is 5.75 Å². The van der Waals surface area contributed by atoms with Gasteiger partial charge in [0.2, 0.25) is 0 Å². The van der Waals surface area contributed by atoms with Crippen LogP contribution in [-0.2, 0) is 0 Å². The maximum absolute atomic E-state index is 10.8. The van der Waals surface area contributed by atoms with Gasteiger partial charge < -0.3 is 5.11 Å². The minimum Gasteiger partial charge on any atom is -0.507 e. The predicted molar refractivity (Wildman–Crippen MR) is 68.9 cm³/mol. The van der Waals surface area contributed by atoms with Crippen molar-refractivity contribution in [2.75, 3.05) is 5.43 Å². The van der Waals surface area contributed by atoms with Crippen molar-refractivity contribution in [1.82, 2.24) is 4.98 Å². The molecule has 0 aliphatic carbocycles. The summed E-state index contributed by atoms with van der Waals surface area (Å²) >= 11 is 0. The maximum Gasteiger partial charge on any atom is 0.152 e. The number of hydrogen-bond donors (Lipinski definition) is 2. The zero-order valence-electron chi connectivity index (χ0n) is 9.45. The molecule has 2 rings (SSSR count). The van der Waals surface area contributed by atoms with Crippen LogP contribution in [0.5, 0.6) is 5.75 Å². The van der Waals surface area contributed by atoms with E-state index in [2.05, 4.69) is 15.5 Å². The third-order valence-electron chi connectivity index (χ3n) is 2.31. The number of nitrogens with zero attached hydrogens (tertiary/aromatic N) is 2. The van der Waals surface area contributed by atoms with Crippen molar-refractivity contribution in [3.63, 3.8) is 0 Å². The lowest BCUT2D eigenvalue weighted by molar-refractivity contribution is 0.112. The monoisotopic (exact) mass is 241 g/mol. The summed E-state index contributed by atoms with van der Waals surface area (Å²) in [5, 5.41) is 13.5. The average molecular weight is 241 g/mol. The fourth-order valence-corrected chi connectivity index (χ4v) is 1.37. The molecule has 0 bridgehead atoms. The van der Waals surface area contributed by atoms with E-state index in [0.717, 1.165) is 6.29 Å². The molecule has 0 saturated carbocycles. The molecule has 2 N–H and O–H groups in total. The van der Waals surface area contributed by atoms with Gasteiger partial charge in [0.05, 0.1) is 18.1 Å². The van der Waals surface area contributed by atoms with E-state index in [0.29, 0.717) is 16.8 Å². The van der Waals surface area contributed by atoms with Crippen LogP contribution in [0.3, 0.4) is 0 Å². The molecule has 0 aliphatic rings. The Bertz CT molecular complexity index is 582. The Morgan fingerprint density at radius 3 is 2.83 bits per heavy atom. The smallest absolute Gasteiger partial charge is 0.152 e. The van der Waals surface area contributed by atoms with Crippen LogP contribution in [0.2, 0.25) is 0 Å². The number of aldehydes is 1. The van der Waals surface area contributed by atoms with E-state index in [1.807, 2.05) is 0 Å². The molecule has 0 amide bonds. The third kappa shape index (κ3) is 2.70. The highest BCUT2D eigenvalue weighted by Gasteiger charge is 1.99. The van der Waals surface area contributed by atoms with Gasteiger partial charge in [-0.3, -0.25) is 15.2 Å². The van der Waals surface area contributed by atoms with Gasteiger partial charge in [0.25, 0.3) is 0 Å². The standard InChI is InChI=1S/C13H11N3O2/c17-9-11-5-6-14-8-12(11)16-15-7-10-3-1-2-4-13(10)18/h1-9,16,18H. The minimum absolute atomic E-state index is 0.143. The number of phenols is 1.